The lowest BCUT2D eigenvalue weighted by Crippen LogP contribution is -2.48. The molecule has 0 aromatic carbocycles. The van der Waals surface area contributed by atoms with Gasteiger partial charge in [-0.25, -0.2) is 0 Å². The molecule has 1 saturated heterocycles. The van der Waals surface area contributed by atoms with Gasteiger partial charge in [-0.2, -0.15) is 0 Å². The average molecular weight is 490 g/mol. The van der Waals surface area contributed by atoms with Crippen LogP contribution < -0.4 is 10.6 Å². The molecule has 6 heteroatoms. The van der Waals surface area contributed by atoms with Crippen LogP contribution in [0.1, 0.15) is 50.3 Å². The van der Waals surface area contributed by atoms with Gasteiger partial charge in [-0.15, -0.1) is 35.3 Å². The number of guanidine groups is 1. The molecule has 148 valence electrons. The van der Waals surface area contributed by atoms with E-state index in [1.807, 2.05) is 18.4 Å². The minimum absolute atomic E-state index is 0. The topological polar surface area (TPSA) is 39.7 Å². The van der Waals surface area contributed by atoms with Gasteiger partial charge in [0, 0.05) is 38.1 Å². The highest BCUT2D eigenvalue weighted by atomic mass is 127. The zero-order valence-electron chi connectivity index (χ0n) is 16.3. The van der Waals surface area contributed by atoms with Gasteiger partial charge in [-0.05, 0) is 61.4 Å². The third-order valence-electron chi connectivity index (χ3n) is 6.14. The van der Waals surface area contributed by atoms with E-state index in [0.29, 0.717) is 5.41 Å². The summed E-state index contributed by atoms with van der Waals surface area (Å²) in [6.45, 7) is 7.96. The van der Waals surface area contributed by atoms with E-state index in [1.165, 1.54) is 56.5 Å². The molecule has 1 aliphatic heterocycles. The molecule has 26 heavy (non-hydrogen) atoms. The number of aliphatic imine (C=N–C) groups is 1. The highest BCUT2D eigenvalue weighted by Gasteiger charge is 2.34. The normalized spacial score (nSPS) is 23.0. The van der Waals surface area contributed by atoms with Crippen molar-refractivity contribution in [1.82, 2.24) is 15.5 Å². The second kappa shape index (κ2) is 10.9. The van der Waals surface area contributed by atoms with Crippen molar-refractivity contribution < 1.29 is 0 Å². The lowest BCUT2D eigenvalue weighted by atomic mass is 9.67. The second-order valence-corrected chi connectivity index (χ2v) is 8.87. The molecule has 4 nitrogen and oxygen atoms in total. The number of thiophene rings is 1. The molecule has 1 aromatic rings. The van der Waals surface area contributed by atoms with Crippen LogP contribution >= 0.6 is 35.3 Å². The molecule has 1 aromatic heterocycles. The lowest BCUT2D eigenvalue weighted by molar-refractivity contribution is 0.131. The van der Waals surface area contributed by atoms with E-state index < -0.39 is 0 Å². The fourth-order valence-electron chi connectivity index (χ4n) is 4.15. The van der Waals surface area contributed by atoms with Gasteiger partial charge in [0.25, 0.3) is 0 Å². The SMILES string of the molecule is CCC1(CNC(=NC)NCC2CCCN(Cc3cccs3)C2)CCC1.I. The van der Waals surface area contributed by atoms with E-state index in [0.717, 1.165) is 31.5 Å². The van der Waals surface area contributed by atoms with E-state index in [9.17, 15) is 0 Å². The molecule has 1 unspecified atom stereocenters. The minimum atomic E-state index is 0. The molecule has 1 aliphatic carbocycles. The molecular weight excluding hydrogens is 455 g/mol. The Morgan fingerprint density at radius 3 is 2.81 bits per heavy atom. The molecule has 0 amide bonds. The summed E-state index contributed by atoms with van der Waals surface area (Å²) in [4.78, 5) is 8.52. The maximum Gasteiger partial charge on any atom is 0.191 e. The van der Waals surface area contributed by atoms with Gasteiger partial charge in [0.1, 0.15) is 0 Å². The van der Waals surface area contributed by atoms with Crippen LogP contribution in [0.15, 0.2) is 22.5 Å². The molecule has 0 spiro atoms. The lowest BCUT2D eigenvalue weighted by Gasteiger charge is -2.41. The Kier molecular flexibility index (Phi) is 9.17. The average Bonchev–Trinajstić information content (AvgIpc) is 3.10. The summed E-state index contributed by atoms with van der Waals surface area (Å²) < 4.78 is 0. The van der Waals surface area contributed by atoms with E-state index in [-0.39, 0.29) is 24.0 Å². The molecule has 2 fully saturated rings. The first-order valence-corrected chi connectivity index (χ1v) is 10.8. The number of halogens is 1. The van der Waals surface area contributed by atoms with Gasteiger partial charge in [-0.1, -0.05) is 19.4 Å². The van der Waals surface area contributed by atoms with Crippen LogP contribution in [0.5, 0.6) is 0 Å². The predicted molar refractivity (Wildman–Crippen MR) is 124 cm³/mol. The largest absolute Gasteiger partial charge is 0.356 e. The Bertz CT molecular complexity index is 537. The van der Waals surface area contributed by atoms with Crippen molar-refractivity contribution in [3.63, 3.8) is 0 Å². The van der Waals surface area contributed by atoms with Crippen molar-refractivity contribution in [3.05, 3.63) is 22.4 Å². The quantitative estimate of drug-likeness (QED) is 0.340. The van der Waals surface area contributed by atoms with Gasteiger partial charge in [-0.3, -0.25) is 9.89 Å². The van der Waals surface area contributed by atoms with Gasteiger partial charge < -0.3 is 10.6 Å². The fourth-order valence-corrected chi connectivity index (χ4v) is 4.90. The third-order valence-corrected chi connectivity index (χ3v) is 7.00. The van der Waals surface area contributed by atoms with Crippen LogP contribution in [0.25, 0.3) is 0 Å². The summed E-state index contributed by atoms with van der Waals surface area (Å²) in [5.74, 6) is 1.70. The van der Waals surface area contributed by atoms with Crippen molar-refractivity contribution >= 4 is 41.3 Å². The van der Waals surface area contributed by atoms with Crippen molar-refractivity contribution in [1.29, 1.82) is 0 Å². The Hall–Kier alpha value is -0.340. The minimum Gasteiger partial charge on any atom is -0.356 e. The molecule has 1 saturated carbocycles. The summed E-state index contributed by atoms with van der Waals surface area (Å²) >= 11 is 1.87. The van der Waals surface area contributed by atoms with Gasteiger partial charge in [0.2, 0.25) is 0 Å². The van der Waals surface area contributed by atoms with Crippen LogP contribution in [0.2, 0.25) is 0 Å². The van der Waals surface area contributed by atoms with Crippen molar-refractivity contribution in [2.45, 2.75) is 52.0 Å². The Morgan fingerprint density at radius 2 is 2.19 bits per heavy atom. The summed E-state index contributed by atoms with van der Waals surface area (Å²) in [6, 6.07) is 4.41. The van der Waals surface area contributed by atoms with Crippen molar-refractivity contribution in [2.24, 2.45) is 16.3 Å². The molecule has 1 atom stereocenters. The number of hydrogen-bond acceptors (Lipinski definition) is 3. The van der Waals surface area contributed by atoms with Crippen molar-refractivity contribution in [3.8, 4) is 0 Å². The zero-order valence-corrected chi connectivity index (χ0v) is 19.4. The summed E-state index contributed by atoms with van der Waals surface area (Å²) in [5, 5.41) is 9.34. The van der Waals surface area contributed by atoms with E-state index in [1.54, 1.807) is 0 Å². The number of piperidine rings is 1. The van der Waals surface area contributed by atoms with Gasteiger partial charge in [0.05, 0.1) is 0 Å². The van der Waals surface area contributed by atoms with Crippen LogP contribution in [0.4, 0.5) is 0 Å². The monoisotopic (exact) mass is 490 g/mol. The maximum absolute atomic E-state index is 4.43. The predicted octanol–water partition coefficient (Wildman–Crippen LogP) is 4.32. The molecule has 2 heterocycles. The van der Waals surface area contributed by atoms with E-state index in [2.05, 4.69) is 45.0 Å². The molecule has 0 radical (unpaired) electrons. The molecule has 2 aliphatic rings. The Labute approximate surface area is 180 Å². The van der Waals surface area contributed by atoms with E-state index >= 15 is 0 Å². The second-order valence-electron chi connectivity index (χ2n) is 7.84. The highest BCUT2D eigenvalue weighted by Crippen LogP contribution is 2.42. The van der Waals surface area contributed by atoms with E-state index in [4.69, 9.17) is 0 Å². The maximum atomic E-state index is 4.43. The number of nitrogens with zero attached hydrogens (tertiary/aromatic N) is 2. The number of rotatable bonds is 7. The Morgan fingerprint density at radius 1 is 1.35 bits per heavy atom. The first kappa shape index (κ1) is 22.0. The summed E-state index contributed by atoms with van der Waals surface area (Å²) in [7, 11) is 1.89. The molecule has 2 N–H and O–H groups in total. The van der Waals surface area contributed by atoms with Gasteiger partial charge in [0.15, 0.2) is 5.96 Å². The summed E-state index contributed by atoms with van der Waals surface area (Å²) in [5.41, 5.74) is 0.528. The Balaban J connectivity index is 0.00000243. The number of hydrogen-bond donors (Lipinski definition) is 2. The van der Waals surface area contributed by atoms with Crippen LogP contribution in [0.3, 0.4) is 0 Å². The van der Waals surface area contributed by atoms with Crippen LogP contribution in [-0.2, 0) is 6.54 Å². The van der Waals surface area contributed by atoms with Crippen molar-refractivity contribution in [2.75, 3.05) is 33.2 Å². The fraction of sp³-hybridized carbons (Fsp3) is 0.750. The highest BCUT2D eigenvalue weighted by molar-refractivity contribution is 14.0. The molecule has 3 rings (SSSR count). The molecular formula is C20H35IN4S. The number of likely N-dealkylation sites (tertiary alicyclic amines) is 1. The van der Waals surface area contributed by atoms with Gasteiger partial charge >= 0.3 is 0 Å². The third kappa shape index (κ3) is 6.09. The number of nitrogens with one attached hydrogen (secondary N) is 2. The van der Waals surface area contributed by atoms with Crippen LogP contribution in [0, 0.1) is 11.3 Å². The molecule has 0 bridgehead atoms. The first-order chi connectivity index (χ1) is 12.2. The van der Waals surface area contributed by atoms with Crippen LogP contribution in [-0.4, -0.2) is 44.1 Å². The summed E-state index contributed by atoms with van der Waals surface area (Å²) in [6.07, 6.45) is 8.04. The smallest absolute Gasteiger partial charge is 0.191 e. The first-order valence-electron chi connectivity index (χ1n) is 9.92. The standard InChI is InChI=1S/C20H34N4S.HI/c1-3-20(9-6-10-20)16-23-19(21-2)22-13-17-7-4-11-24(14-17)15-18-8-5-12-25-18;/h5,8,12,17H,3-4,6-7,9-11,13-16H2,1-2H3,(H2,21,22,23);1H. The zero-order chi connectivity index (χ0) is 17.5.